The fourth-order valence-electron chi connectivity index (χ4n) is 1.90. The lowest BCUT2D eigenvalue weighted by Gasteiger charge is -2.09. The summed E-state index contributed by atoms with van der Waals surface area (Å²) >= 11 is 0. The number of nitriles is 1. The van der Waals surface area contributed by atoms with Crippen LogP contribution in [0.4, 0.5) is 4.39 Å². The maximum absolute atomic E-state index is 13.7. The molecule has 0 unspecified atom stereocenters. The quantitative estimate of drug-likeness (QED) is 0.677. The van der Waals surface area contributed by atoms with Crippen LogP contribution in [0, 0.1) is 17.1 Å². The summed E-state index contributed by atoms with van der Waals surface area (Å²) in [5.41, 5.74) is 2.98. The third kappa shape index (κ3) is 4.65. The van der Waals surface area contributed by atoms with Gasteiger partial charge < -0.3 is 4.74 Å². The molecule has 0 saturated heterocycles. The molecule has 0 aliphatic heterocycles. The number of halogens is 1. The van der Waals surface area contributed by atoms with Gasteiger partial charge in [-0.3, -0.25) is 4.79 Å². The summed E-state index contributed by atoms with van der Waals surface area (Å²) in [6.07, 6.45) is 1.53. The molecule has 5 nitrogen and oxygen atoms in total. The maximum Gasteiger partial charge on any atom is 0.274 e. The molecule has 0 atom stereocenters. The first-order chi connectivity index (χ1) is 11.5. The fourth-order valence-corrected chi connectivity index (χ4v) is 1.90. The highest BCUT2D eigenvalue weighted by Gasteiger charge is 2.11. The molecule has 2 aromatic rings. The first-order valence-corrected chi connectivity index (χ1v) is 7.29. The van der Waals surface area contributed by atoms with Crippen molar-refractivity contribution in [2.45, 2.75) is 20.0 Å². The van der Waals surface area contributed by atoms with Crippen molar-refractivity contribution >= 4 is 12.1 Å². The smallest absolute Gasteiger partial charge is 0.274 e. The molecule has 0 spiro atoms. The molecular weight excluding hydrogens is 309 g/mol. The molecule has 0 heterocycles. The van der Waals surface area contributed by atoms with Crippen LogP contribution in [-0.2, 0) is 0 Å². The predicted octanol–water partition coefficient (Wildman–Crippen LogP) is 3.25. The van der Waals surface area contributed by atoms with E-state index in [-0.39, 0.29) is 17.2 Å². The molecule has 1 N–H and O–H groups in total. The largest absolute Gasteiger partial charge is 0.491 e. The lowest BCUT2D eigenvalue weighted by atomic mass is 10.1. The predicted molar refractivity (Wildman–Crippen MR) is 88.4 cm³/mol. The van der Waals surface area contributed by atoms with Gasteiger partial charge >= 0.3 is 0 Å². The van der Waals surface area contributed by atoms with Crippen LogP contribution in [0.15, 0.2) is 47.6 Å². The Labute approximate surface area is 139 Å². The minimum Gasteiger partial charge on any atom is -0.491 e. The van der Waals surface area contributed by atoms with Gasteiger partial charge in [-0.25, -0.2) is 9.82 Å². The summed E-state index contributed by atoms with van der Waals surface area (Å²) in [4.78, 5) is 11.9. The van der Waals surface area contributed by atoms with Gasteiger partial charge in [-0.1, -0.05) is 0 Å². The molecular formula is C18H16FN3O2. The number of nitrogens with one attached hydrogen (secondary N) is 1. The van der Waals surface area contributed by atoms with E-state index >= 15 is 0 Å². The average molecular weight is 325 g/mol. The third-order valence-corrected chi connectivity index (χ3v) is 2.97. The highest BCUT2D eigenvalue weighted by molar-refractivity contribution is 5.95. The molecule has 0 fully saturated rings. The van der Waals surface area contributed by atoms with E-state index in [1.165, 1.54) is 18.3 Å². The number of ether oxygens (including phenoxy) is 1. The second-order valence-corrected chi connectivity index (χ2v) is 5.24. The van der Waals surface area contributed by atoms with E-state index in [4.69, 9.17) is 10.00 Å². The van der Waals surface area contributed by atoms with Crippen molar-refractivity contribution < 1.29 is 13.9 Å². The molecule has 24 heavy (non-hydrogen) atoms. The van der Waals surface area contributed by atoms with E-state index < -0.39 is 11.7 Å². The van der Waals surface area contributed by atoms with Crippen molar-refractivity contribution in [3.05, 3.63) is 65.0 Å². The SMILES string of the molecule is CC(C)Oc1ccc(/C=N/NC(=O)c2ccc(C#N)cc2F)cc1. The highest BCUT2D eigenvalue weighted by Crippen LogP contribution is 2.13. The monoisotopic (exact) mass is 325 g/mol. The van der Waals surface area contributed by atoms with Crippen LogP contribution in [0.25, 0.3) is 0 Å². The second kappa shape index (κ2) is 7.88. The zero-order valence-electron chi connectivity index (χ0n) is 13.3. The Hall–Kier alpha value is -3.20. The number of benzene rings is 2. The summed E-state index contributed by atoms with van der Waals surface area (Å²) in [6.45, 7) is 3.88. The van der Waals surface area contributed by atoms with E-state index in [1.807, 2.05) is 13.8 Å². The molecule has 1 amide bonds. The molecule has 0 aliphatic carbocycles. The van der Waals surface area contributed by atoms with Crippen LogP contribution in [0.2, 0.25) is 0 Å². The van der Waals surface area contributed by atoms with Crippen LogP contribution in [0.3, 0.4) is 0 Å². The standard InChI is InChI=1S/C18H16FN3O2/c1-12(2)24-15-6-3-13(4-7-15)11-21-22-18(23)16-8-5-14(10-20)9-17(16)19/h3-9,11-12H,1-2H3,(H,22,23)/b21-11+. The number of carbonyl (C=O) groups is 1. The number of hydrazone groups is 1. The van der Waals surface area contributed by atoms with Gasteiger partial charge in [-0.05, 0) is 61.9 Å². The van der Waals surface area contributed by atoms with Gasteiger partial charge in [0.25, 0.3) is 5.91 Å². The van der Waals surface area contributed by atoms with Crippen LogP contribution < -0.4 is 10.2 Å². The zero-order chi connectivity index (χ0) is 17.5. The van der Waals surface area contributed by atoms with Gasteiger partial charge in [0, 0.05) is 0 Å². The highest BCUT2D eigenvalue weighted by atomic mass is 19.1. The second-order valence-electron chi connectivity index (χ2n) is 5.24. The van der Waals surface area contributed by atoms with Crippen LogP contribution in [0.5, 0.6) is 5.75 Å². The van der Waals surface area contributed by atoms with Crippen molar-refractivity contribution in [2.75, 3.05) is 0 Å². The minimum atomic E-state index is -0.767. The van der Waals surface area contributed by atoms with Gasteiger partial charge in [0.05, 0.1) is 29.5 Å². The van der Waals surface area contributed by atoms with Gasteiger partial charge in [0.15, 0.2) is 0 Å². The lowest BCUT2D eigenvalue weighted by Crippen LogP contribution is -2.19. The first-order valence-electron chi connectivity index (χ1n) is 7.29. The van der Waals surface area contributed by atoms with Gasteiger partial charge in [0.2, 0.25) is 0 Å². The lowest BCUT2D eigenvalue weighted by molar-refractivity contribution is 0.0951. The Morgan fingerprint density at radius 2 is 2.00 bits per heavy atom. The Morgan fingerprint density at radius 1 is 1.29 bits per heavy atom. The fraction of sp³-hybridized carbons (Fsp3) is 0.167. The van der Waals surface area contributed by atoms with Gasteiger partial charge in [0.1, 0.15) is 11.6 Å². The Bertz CT molecular complexity index is 793. The average Bonchev–Trinajstić information content (AvgIpc) is 2.55. The van der Waals surface area contributed by atoms with Crippen LogP contribution in [0.1, 0.15) is 35.3 Å². The third-order valence-electron chi connectivity index (χ3n) is 2.97. The number of hydrogen-bond donors (Lipinski definition) is 1. The van der Waals surface area contributed by atoms with Crippen molar-refractivity contribution in [3.63, 3.8) is 0 Å². The zero-order valence-corrected chi connectivity index (χ0v) is 13.3. The number of hydrogen-bond acceptors (Lipinski definition) is 4. The Balaban J connectivity index is 1.98. The van der Waals surface area contributed by atoms with E-state index in [2.05, 4.69) is 10.5 Å². The van der Waals surface area contributed by atoms with Crippen LogP contribution in [-0.4, -0.2) is 18.2 Å². The normalized spacial score (nSPS) is 10.6. The summed E-state index contributed by atoms with van der Waals surface area (Å²) in [5, 5.41) is 12.5. The van der Waals surface area contributed by atoms with Crippen molar-refractivity contribution in [1.29, 1.82) is 5.26 Å². The van der Waals surface area contributed by atoms with E-state index in [0.29, 0.717) is 0 Å². The molecule has 0 aliphatic rings. The Kier molecular flexibility index (Phi) is 5.63. The summed E-state index contributed by atoms with van der Waals surface area (Å²) < 4.78 is 19.2. The summed E-state index contributed by atoms with van der Waals surface area (Å²) in [5.74, 6) is -0.712. The number of amides is 1. The van der Waals surface area contributed by atoms with Crippen molar-refractivity contribution in [3.8, 4) is 11.8 Å². The van der Waals surface area contributed by atoms with E-state index in [0.717, 1.165) is 17.4 Å². The minimum absolute atomic E-state index is 0.0890. The van der Waals surface area contributed by atoms with Gasteiger partial charge in [-0.2, -0.15) is 10.4 Å². The molecule has 2 aromatic carbocycles. The number of nitrogens with zero attached hydrogens (tertiary/aromatic N) is 2. The number of carbonyl (C=O) groups excluding carboxylic acids is 1. The molecule has 0 radical (unpaired) electrons. The topological polar surface area (TPSA) is 74.5 Å². The van der Waals surface area contributed by atoms with E-state index in [9.17, 15) is 9.18 Å². The van der Waals surface area contributed by atoms with Gasteiger partial charge in [-0.15, -0.1) is 0 Å². The summed E-state index contributed by atoms with van der Waals surface area (Å²) in [6, 6.07) is 12.6. The van der Waals surface area contributed by atoms with E-state index in [1.54, 1.807) is 30.3 Å². The van der Waals surface area contributed by atoms with Crippen molar-refractivity contribution in [2.24, 2.45) is 5.10 Å². The number of rotatable bonds is 5. The summed E-state index contributed by atoms with van der Waals surface area (Å²) in [7, 11) is 0. The van der Waals surface area contributed by atoms with Crippen LogP contribution >= 0.6 is 0 Å². The Morgan fingerprint density at radius 3 is 2.58 bits per heavy atom. The molecule has 0 saturated carbocycles. The first kappa shape index (κ1) is 17.2. The molecule has 6 heteroatoms. The maximum atomic E-state index is 13.7. The molecule has 0 bridgehead atoms. The molecule has 2 rings (SSSR count). The van der Waals surface area contributed by atoms with Crippen molar-refractivity contribution in [1.82, 2.24) is 5.43 Å². The molecule has 0 aromatic heterocycles. The molecule has 122 valence electrons.